The Kier molecular flexibility index (Phi) is 6.25. The average molecular weight is 506 g/mol. The van der Waals surface area contributed by atoms with Gasteiger partial charge in [-0.15, -0.1) is 0 Å². The second-order valence-electron chi connectivity index (χ2n) is 8.22. The topological polar surface area (TPSA) is 132 Å². The molecule has 0 spiro atoms. The van der Waals surface area contributed by atoms with E-state index in [0.29, 0.717) is 39.0 Å². The van der Waals surface area contributed by atoms with Crippen LogP contribution in [0.5, 0.6) is 11.8 Å². The Balaban J connectivity index is 1.70. The lowest BCUT2D eigenvalue weighted by Gasteiger charge is -2.12. The Hall–Kier alpha value is -5.56. The minimum absolute atomic E-state index is 0.0146. The summed E-state index contributed by atoms with van der Waals surface area (Å²) in [6, 6.07) is 15.4. The summed E-state index contributed by atoms with van der Waals surface area (Å²) in [6.45, 7) is 3.46. The number of anilines is 2. The number of benzene rings is 2. The van der Waals surface area contributed by atoms with Crippen molar-refractivity contribution in [3.63, 3.8) is 0 Å². The standard InChI is InChI=1S/C28H20FN7O2/c1-3-22(37)35-19-8-5-16(6-9-19)25-23(24-26(36(25)2)18(14-30)15-34-27(24)31)17-7-10-21(20(29)13-17)38-28-32-11-4-12-33-28/h3-13,15H,1H2,2H3,(H2,31,34)(H,35,37). The molecule has 9 nitrogen and oxygen atoms in total. The number of nitrogen functional groups attached to an aromatic ring is 1. The molecule has 0 aliphatic heterocycles. The van der Waals surface area contributed by atoms with E-state index in [0.717, 1.165) is 5.56 Å². The summed E-state index contributed by atoms with van der Waals surface area (Å²) in [5.74, 6) is -0.820. The van der Waals surface area contributed by atoms with Gasteiger partial charge in [0.15, 0.2) is 11.6 Å². The van der Waals surface area contributed by atoms with Crippen LogP contribution >= 0.6 is 0 Å². The number of rotatable bonds is 6. The molecule has 0 radical (unpaired) electrons. The van der Waals surface area contributed by atoms with Crippen molar-refractivity contribution in [3.05, 3.63) is 91.2 Å². The first kappa shape index (κ1) is 24.1. The number of aromatic nitrogens is 4. The molecule has 0 saturated heterocycles. The molecule has 5 rings (SSSR count). The molecule has 0 unspecified atom stereocenters. The fraction of sp³-hybridized carbons (Fsp3) is 0.0357. The highest BCUT2D eigenvalue weighted by atomic mass is 19.1. The van der Waals surface area contributed by atoms with Gasteiger partial charge in [0.1, 0.15) is 11.9 Å². The number of fused-ring (bicyclic) bond motifs is 1. The predicted octanol–water partition coefficient (Wildman–Crippen LogP) is 5.21. The molecular formula is C28H20FN7O2. The number of carbonyl (C=O) groups excluding carboxylic acids is 1. The van der Waals surface area contributed by atoms with E-state index in [1.165, 1.54) is 36.8 Å². The normalized spacial score (nSPS) is 10.7. The summed E-state index contributed by atoms with van der Waals surface area (Å²) in [7, 11) is 1.80. The molecule has 10 heteroatoms. The van der Waals surface area contributed by atoms with Crippen molar-refractivity contribution < 1.29 is 13.9 Å². The van der Waals surface area contributed by atoms with Crippen molar-refractivity contribution >= 4 is 28.3 Å². The predicted molar refractivity (Wildman–Crippen MR) is 142 cm³/mol. The number of ether oxygens (including phenoxy) is 1. The molecular weight excluding hydrogens is 485 g/mol. The highest BCUT2D eigenvalue weighted by molar-refractivity contribution is 6.10. The van der Waals surface area contributed by atoms with Gasteiger partial charge in [0.25, 0.3) is 0 Å². The van der Waals surface area contributed by atoms with E-state index < -0.39 is 5.82 Å². The molecule has 3 heterocycles. The zero-order chi connectivity index (χ0) is 26.8. The van der Waals surface area contributed by atoms with Crippen molar-refractivity contribution in [2.24, 2.45) is 7.05 Å². The fourth-order valence-corrected chi connectivity index (χ4v) is 4.29. The number of carbonyl (C=O) groups is 1. The number of nitrogens with two attached hydrogens (primary N) is 1. The third kappa shape index (κ3) is 4.29. The van der Waals surface area contributed by atoms with E-state index in [9.17, 15) is 10.1 Å². The number of aryl methyl sites for hydroxylation is 1. The molecule has 0 saturated carbocycles. The lowest BCUT2D eigenvalue weighted by molar-refractivity contribution is -0.111. The zero-order valence-corrected chi connectivity index (χ0v) is 20.1. The molecule has 2 aromatic carbocycles. The third-order valence-corrected chi connectivity index (χ3v) is 5.93. The minimum Gasteiger partial charge on any atom is -0.421 e. The van der Waals surface area contributed by atoms with Crippen molar-refractivity contribution in [2.45, 2.75) is 0 Å². The maximum absolute atomic E-state index is 15.3. The van der Waals surface area contributed by atoms with Crippen LogP contribution in [0.3, 0.4) is 0 Å². The number of nitriles is 1. The zero-order valence-electron chi connectivity index (χ0n) is 20.1. The summed E-state index contributed by atoms with van der Waals surface area (Å²) in [4.78, 5) is 23.8. The Bertz CT molecular complexity index is 1740. The van der Waals surface area contributed by atoms with Crippen LogP contribution in [0.15, 0.2) is 79.8 Å². The summed E-state index contributed by atoms with van der Waals surface area (Å²) in [5.41, 5.74) is 10.3. The van der Waals surface area contributed by atoms with Gasteiger partial charge in [-0.1, -0.05) is 24.8 Å². The Labute approximate surface area is 216 Å². The average Bonchev–Trinajstić information content (AvgIpc) is 3.25. The number of halogens is 1. The largest absolute Gasteiger partial charge is 0.421 e. The first-order valence-electron chi connectivity index (χ1n) is 11.4. The van der Waals surface area contributed by atoms with Crippen LogP contribution in [-0.2, 0) is 11.8 Å². The molecule has 0 aliphatic rings. The number of hydrogen-bond acceptors (Lipinski definition) is 7. The molecule has 186 valence electrons. The lowest BCUT2D eigenvalue weighted by atomic mass is 9.97. The molecule has 5 aromatic rings. The number of pyridine rings is 1. The highest BCUT2D eigenvalue weighted by Crippen LogP contribution is 2.44. The maximum atomic E-state index is 15.3. The van der Waals surface area contributed by atoms with Gasteiger partial charge < -0.3 is 20.4 Å². The number of hydrogen-bond donors (Lipinski definition) is 2. The monoisotopic (exact) mass is 505 g/mol. The van der Waals surface area contributed by atoms with Gasteiger partial charge in [-0.3, -0.25) is 4.79 Å². The second-order valence-corrected chi connectivity index (χ2v) is 8.22. The van der Waals surface area contributed by atoms with Gasteiger partial charge in [0.2, 0.25) is 5.91 Å². The molecule has 38 heavy (non-hydrogen) atoms. The molecule has 3 aromatic heterocycles. The number of amides is 1. The van der Waals surface area contributed by atoms with Crippen LogP contribution in [0.4, 0.5) is 15.9 Å². The molecule has 1 amide bonds. The molecule has 0 bridgehead atoms. The van der Waals surface area contributed by atoms with E-state index in [4.69, 9.17) is 10.5 Å². The van der Waals surface area contributed by atoms with Crippen LogP contribution in [0.1, 0.15) is 5.56 Å². The summed E-state index contributed by atoms with van der Waals surface area (Å²) >= 11 is 0. The minimum atomic E-state index is -0.636. The summed E-state index contributed by atoms with van der Waals surface area (Å²) in [6.07, 6.45) is 5.58. The molecule has 0 fully saturated rings. The number of nitrogens with one attached hydrogen (secondary N) is 1. The Morgan fingerprint density at radius 2 is 1.87 bits per heavy atom. The van der Waals surface area contributed by atoms with E-state index in [1.807, 2.05) is 16.7 Å². The Morgan fingerprint density at radius 3 is 2.53 bits per heavy atom. The van der Waals surface area contributed by atoms with Crippen molar-refractivity contribution in [1.29, 1.82) is 5.26 Å². The molecule has 0 atom stereocenters. The second kappa shape index (κ2) is 9.83. The lowest BCUT2D eigenvalue weighted by Crippen LogP contribution is -2.06. The van der Waals surface area contributed by atoms with E-state index in [2.05, 4.69) is 32.9 Å². The van der Waals surface area contributed by atoms with Gasteiger partial charge >= 0.3 is 6.01 Å². The van der Waals surface area contributed by atoms with Crippen LogP contribution in [0.2, 0.25) is 0 Å². The number of nitrogens with zero attached hydrogens (tertiary/aromatic N) is 5. The third-order valence-electron chi connectivity index (χ3n) is 5.93. The van der Waals surface area contributed by atoms with E-state index in [1.54, 1.807) is 31.3 Å². The van der Waals surface area contributed by atoms with Crippen LogP contribution in [-0.4, -0.2) is 25.4 Å². The fourth-order valence-electron chi connectivity index (χ4n) is 4.29. The first-order valence-corrected chi connectivity index (χ1v) is 11.4. The van der Waals surface area contributed by atoms with Crippen molar-refractivity contribution in [3.8, 4) is 40.2 Å². The summed E-state index contributed by atoms with van der Waals surface area (Å²) < 4.78 is 22.6. The van der Waals surface area contributed by atoms with Gasteiger partial charge in [0.05, 0.1) is 22.2 Å². The summed E-state index contributed by atoms with van der Waals surface area (Å²) in [5, 5.41) is 13.0. The Morgan fingerprint density at radius 1 is 1.16 bits per heavy atom. The van der Waals surface area contributed by atoms with Crippen LogP contribution in [0.25, 0.3) is 33.3 Å². The van der Waals surface area contributed by atoms with E-state index >= 15 is 4.39 Å². The van der Waals surface area contributed by atoms with Gasteiger partial charge in [-0.2, -0.15) is 5.26 Å². The highest BCUT2D eigenvalue weighted by Gasteiger charge is 2.24. The van der Waals surface area contributed by atoms with Gasteiger partial charge in [0, 0.05) is 36.9 Å². The van der Waals surface area contributed by atoms with Crippen LogP contribution in [0, 0.1) is 17.1 Å². The first-order chi connectivity index (χ1) is 18.4. The van der Waals surface area contributed by atoms with Crippen LogP contribution < -0.4 is 15.8 Å². The maximum Gasteiger partial charge on any atom is 0.321 e. The van der Waals surface area contributed by atoms with Crippen molar-refractivity contribution in [2.75, 3.05) is 11.1 Å². The molecule has 3 N–H and O–H groups in total. The van der Waals surface area contributed by atoms with Crippen molar-refractivity contribution in [1.82, 2.24) is 19.5 Å². The van der Waals surface area contributed by atoms with Gasteiger partial charge in [-0.05, 0) is 47.5 Å². The molecule has 0 aliphatic carbocycles. The van der Waals surface area contributed by atoms with Gasteiger partial charge in [-0.25, -0.2) is 19.3 Å². The SMILES string of the molecule is C=CC(=O)Nc1ccc(-c2c(-c3ccc(Oc4ncccn4)c(F)c3)c3c(N)ncc(C#N)c3n2C)cc1. The smallest absolute Gasteiger partial charge is 0.321 e. The quantitative estimate of drug-likeness (QED) is 0.303. The van der Waals surface area contributed by atoms with E-state index in [-0.39, 0.29) is 23.5 Å².